The van der Waals surface area contributed by atoms with Crippen molar-refractivity contribution < 1.29 is 37.0 Å². The van der Waals surface area contributed by atoms with E-state index in [4.69, 9.17) is 25.8 Å². The number of ether oxygens (including phenoxy) is 3. The Balaban J connectivity index is 1.42. The molecule has 0 unspecified atom stereocenters. The second-order valence-electron chi connectivity index (χ2n) is 11.7. The summed E-state index contributed by atoms with van der Waals surface area (Å²) in [6, 6.07) is 7.52. The molecule has 250 valence electrons. The number of methoxy groups -OCH3 is 2. The van der Waals surface area contributed by atoms with Gasteiger partial charge >= 0.3 is 6.18 Å². The number of nitrogens with zero attached hydrogens (tertiary/aromatic N) is 4. The van der Waals surface area contributed by atoms with Gasteiger partial charge in [0, 0.05) is 26.3 Å². The average molecular weight is 675 g/mol. The molecule has 0 spiro atoms. The molecule has 0 radical (unpaired) electrons. The molecule has 1 aromatic heterocycles. The molecule has 3 heterocycles. The summed E-state index contributed by atoms with van der Waals surface area (Å²) in [5.74, 6) is -1.08. The lowest BCUT2D eigenvalue weighted by Gasteiger charge is -2.28. The molecule has 2 aliphatic rings. The SMILES string of the molecule is COC1=C(CNC(=O)c2cc(OC)c(Nc3ncc(C(F)(F)F)c(Oc4cccc5c4C(=O)N(C)C5(C)C)n3)cc2Cl)CCN(C)C1. The van der Waals surface area contributed by atoms with Crippen LogP contribution in [0.25, 0.3) is 0 Å². The number of fused-ring (bicyclic) bond motifs is 1. The van der Waals surface area contributed by atoms with Crippen LogP contribution in [0.2, 0.25) is 5.02 Å². The van der Waals surface area contributed by atoms with E-state index < -0.39 is 35.0 Å². The molecule has 3 aromatic rings. The van der Waals surface area contributed by atoms with Crippen LogP contribution in [-0.4, -0.2) is 79.5 Å². The Morgan fingerprint density at radius 3 is 2.55 bits per heavy atom. The van der Waals surface area contributed by atoms with Crippen LogP contribution >= 0.6 is 11.6 Å². The average Bonchev–Trinajstić information content (AvgIpc) is 3.20. The van der Waals surface area contributed by atoms with E-state index in [9.17, 15) is 22.8 Å². The summed E-state index contributed by atoms with van der Waals surface area (Å²) >= 11 is 6.49. The number of carbonyl (C=O) groups excluding carboxylic acids is 2. The molecule has 0 bridgehead atoms. The quantitative estimate of drug-likeness (QED) is 0.283. The number of halogens is 4. The highest BCUT2D eigenvalue weighted by Gasteiger charge is 2.43. The minimum atomic E-state index is -4.87. The fourth-order valence-corrected chi connectivity index (χ4v) is 5.69. The van der Waals surface area contributed by atoms with E-state index in [0.29, 0.717) is 18.3 Å². The van der Waals surface area contributed by atoms with Gasteiger partial charge < -0.3 is 29.7 Å². The van der Waals surface area contributed by atoms with Crippen molar-refractivity contribution in [1.82, 2.24) is 25.1 Å². The maximum absolute atomic E-state index is 14.0. The molecule has 5 rings (SSSR count). The number of nitrogens with one attached hydrogen (secondary N) is 2. The number of hydrogen-bond acceptors (Lipinski definition) is 9. The third-order valence-electron chi connectivity index (χ3n) is 8.40. The Labute approximate surface area is 274 Å². The number of aromatic nitrogens is 2. The third-order valence-corrected chi connectivity index (χ3v) is 8.71. The van der Waals surface area contributed by atoms with Crippen molar-refractivity contribution in [2.75, 3.05) is 53.3 Å². The molecule has 0 atom stereocenters. The predicted octanol–water partition coefficient (Wildman–Crippen LogP) is 5.98. The lowest BCUT2D eigenvalue weighted by Crippen LogP contribution is -2.35. The van der Waals surface area contributed by atoms with Crippen LogP contribution in [0.5, 0.6) is 17.4 Å². The monoisotopic (exact) mass is 674 g/mol. The summed E-state index contributed by atoms with van der Waals surface area (Å²) in [7, 11) is 6.54. The van der Waals surface area contributed by atoms with Gasteiger partial charge in [0.25, 0.3) is 11.8 Å². The van der Waals surface area contributed by atoms with E-state index in [0.717, 1.165) is 24.3 Å². The van der Waals surface area contributed by atoms with Crippen LogP contribution in [0, 0.1) is 0 Å². The largest absolute Gasteiger partial charge is 0.500 e. The maximum atomic E-state index is 14.0. The minimum Gasteiger partial charge on any atom is -0.500 e. The van der Waals surface area contributed by atoms with Gasteiger partial charge in [-0.1, -0.05) is 23.7 Å². The Bertz CT molecular complexity index is 1760. The molecule has 2 N–H and O–H groups in total. The number of benzene rings is 2. The standard InChI is InChI=1S/C32H34ClF3N6O5/c1-31(2)19-8-7-9-23(26(19)29(44)42(31)4)47-28-20(32(34,35)36)15-38-30(40-28)39-22-13-21(33)18(12-24(22)45-5)27(43)37-14-17-10-11-41(3)16-25(17)46-6/h7-9,12-13,15H,10-11,14,16H2,1-6H3,(H,37,43)(H,38,39,40). The van der Waals surface area contributed by atoms with E-state index in [2.05, 4.69) is 25.5 Å². The summed E-state index contributed by atoms with van der Waals surface area (Å²) in [5.41, 5.74) is 0.0780. The number of anilines is 2. The molecule has 2 aliphatic heterocycles. The lowest BCUT2D eigenvalue weighted by atomic mass is 9.94. The summed E-state index contributed by atoms with van der Waals surface area (Å²) in [4.78, 5) is 37.6. The molecule has 0 aliphatic carbocycles. The number of rotatable bonds is 9. The van der Waals surface area contributed by atoms with Gasteiger partial charge in [-0.3, -0.25) is 14.5 Å². The van der Waals surface area contributed by atoms with Gasteiger partial charge in [-0.2, -0.15) is 18.2 Å². The summed E-state index contributed by atoms with van der Waals surface area (Å²) in [5, 5.41) is 5.71. The summed E-state index contributed by atoms with van der Waals surface area (Å²) < 4.78 is 58.8. The highest BCUT2D eigenvalue weighted by atomic mass is 35.5. The van der Waals surface area contributed by atoms with Crippen molar-refractivity contribution in [3.63, 3.8) is 0 Å². The zero-order valence-electron chi connectivity index (χ0n) is 26.6. The first-order valence-electron chi connectivity index (χ1n) is 14.6. The van der Waals surface area contributed by atoms with Crippen molar-refractivity contribution in [2.24, 2.45) is 0 Å². The number of likely N-dealkylation sites (N-methyl/N-ethyl adjacent to an activating group) is 1. The Hall–Kier alpha value is -4.56. The smallest absolute Gasteiger partial charge is 0.423 e. The zero-order chi connectivity index (χ0) is 34.3. The Morgan fingerprint density at radius 1 is 1.13 bits per heavy atom. The number of amides is 2. The van der Waals surface area contributed by atoms with Gasteiger partial charge in [-0.15, -0.1) is 0 Å². The Kier molecular flexibility index (Phi) is 9.29. The predicted molar refractivity (Wildman–Crippen MR) is 168 cm³/mol. The van der Waals surface area contributed by atoms with Crippen LogP contribution in [-0.2, 0) is 16.5 Å². The molecule has 15 heteroatoms. The topological polar surface area (TPSA) is 118 Å². The van der Waals surface area contributed by atoms with Gasteiger partial charge in [-0.05, 0) is 56.7 Å². The summed E-state index contributed by atoms with van der Waals surface area (Å²) in [6.45, 7) is 5.38. The minimum absolute atomic E-state index is 0.0450. The van der Waals surface area contributed by atoms with E-state index in [1.54, 1.807) is 26.3 Å². The molecule has 2 amide bonds. The van der Waals surface area contributed by atoms with Gasteiger partial charge in [0.2, 0.25) is 11.8 Å². The number of carbonyl (C=O) groups is 2. The van der Waals surface area contributed by atoms with Gasteiger partial charge in [0.15, 0.2) is 0 Å². The second kappa shape index (κ2) is 12.9. The summed E-state index contributed by atoms with van der Waals surface area (Å²) in [6.07, 6.45) is -3.56. The molecule has 11 nitrogen and oxygen atoms in total. The lowest BCUT2D eigenvalue weighted by molar-refractivity contribution is -0.139. The highest BCUT2D eigenvalue weighted by molar-refractivity contribution is 6.34. The fourth-order valence-electron chi connectivity index (χ4n) is 5.45. The zero-order valence-corrected chi connectivity index (χ0v) is 27.4. The van der Waals surface area contributed by atoms with E-state index in [1.807, 2.05) is 20.9 Å². The molecular formula is C32H34ClF3N6O5. The van der Waals surface area contributed by atoms with Crippen molar-refractivity contribution in [3.05, 3.63) is 75.1 Å². The molecule has 0 saturated carbocycles. The van der Waals surface area contributed by atoms with Gasteiger partial charge in [-0.25, -0.2) is 4.98 Å². The maximum Gasteiger partial charge on any atom is 0.423 e. The number of hydrogen-bond donors (Lipinski definition) is 2. The van der Waals surface area contributed by atoms with E-state index in [1.165, 1.54) is 30.2 Å². The molecule has 47 heavy (non-hydrogen) atoms. The van der Waals surface area contributed by atoms with Crippen molar-refractivity contribution in [3.8, 4) is 17.4 Å². The Morgan fingerprint density at radius 2 is 1.87 bits per heavy atom. The van der Waals surface area contributed by atoms with Crippen molar-refractivity contribution in [1.29, 1.82) is 0 Å². The highest BCUT2D eigenvalue weighted by Crippen LogP contribution is 2.44. The second-order valence-corrected chi connectivity index (χ2v) is 12.1. The van der Waals surface area contributed by atoms with Crippen LogP contribution in [0.1, 0.15) is 52.1 Å². The molecule has 0 fully saturated rings. The van der Waals surface area contributed by atoms with Gasteiger partial charge in [0.1, 0.15) is 22.8 Å². The van der Waals surface area contributed by atoms with E-state index >= 15 is 0 Å². The van der Waals surface area contributed by atoms with Crippen LogP contribution in [0.15, 0.2) is 47.9 Å². The number of alkyl halides is 3. The molecular weight excluding hydrogens is 641 g/mol. The van der Waals surface area contributed by atoms with Crippen molar-refractivity contribution >= 4 is 35.1 Å². The van der Waals surface area contributed by atoms with Crippen LogP contribution in [0.4, 0.5) is 24.8 Å². The first-order valence-corrected chi connectivity index (χ1v) is 14.9. The van der Waals surface area contributed by atoms with Crippen molar-refractivity contribution in [2.45, 2.75) is 32.0 Å². The van der Waals surface area contributed by atoms with E-state index in [-0.39, 0.29) is 45.8 Å². The molecule has 2 aromatic carbocycles. The molecule has 0 saturated heterocycles. The first-order chi connectivity index (χ1) is 22.1. The normalized spacial score (nSPS) is 16.2. The third kappa shape index (κ3) is 6.65. The first kappa shape index (κ1) is 33.8. The van der Waals surface area contributed by atoms with Gasteiger partial charge in [0.05, 0.1) is 48.1 Å². The van der Waals surface area contributed by atoms with Crippen LogP contribution in [0.3, 0.4) is 0 Å². The fraction of sp³-hybridized carbons (Fsp3) is 0.375. The van der Waals surface area contributed by atoms with Crippen LogP contribution < -0.4 is 20.1 Å².